The van der Waals surface area contributed by atoms with Crippen LogP contribution in [-0.4, -0.2) is 78.5 Å². The van der Waals surface area contributed by atoms with E-state index in [4.69, 9.17) is 15.9 Å². The predicted molar refractivity (Wildman–Crippen MR) is 55.7 cm³/mol. The van der Waals surface area contributed by atoms with Gasteiger partial charge in [-0.1, -0.05) is 0 Å². The summed E-state index contributed by atoms with van der Waals surface area (Å²) in [4.78, 5) is 19.7. The first-order valence-corrected chi connectivity index (χ1v) is 4.39. The Morgan fingerprint density at radius 1 is 1.35 bits per heavy atom. The number of carbonyl (C=O) groups is 2. The van der Waals surface area contributed by atoms with Crippen LogP contribution in [0.2, 0.25) is 0 Å². The van der Waals surface area contributed by atoms with E-state index in [0.29, 0.717) is 0 Å². The number of aliphatic carboxylic acids is 2. The van der Waals surface area contributed by atoms with Crippen molar-refractivity contribution >= 4 is 49.7 Å². The summed E-state index contributed by atoms with van der Waals surface area (Å²) >= 11 is 0. The zero-order valence-electron chi connectivity index (χ0n) is 9.53. The quantitative estimate of drug-likeness (QED) is 0.377. The van der Waals surface area contributed by atoms with Gasteiger partial charge in [-0.25, -0.2) is 0 Å². The fraction of sp³-hybridized carbons (Fsp3) is 0.750. The molecule has 1 aliphatic heterocycles. The van der Waals surface area contributed by atoms with Crippen LogP contribution in [0.25, 0.3) is 0 Å². The third-order valence-corrected chi connectivity index (χ3v) is 1.75. The van der Waals surface area contributed by atoms with Crippen LogP contribution in [0.5, 0.6) is 0 Å². The molecule has 1 saturated heterocycles. The Kier molecular flexibility index (Phi) is 22.8. The van der Waals surface area contributed by atoms with Crippen LogP contribution in [0.15, 0.2) is 0 Å². The third-order valence-electron chi connectivity index (χ3n) is 1.75. The minimum absolute atomic E-state index is 0. The number of nitrogens with one attached hydrogen (secondary N) is 1. The summed E-state index contributed by atoms with van der Waals surface area (Å²) in [6.07, 6.45) is 1.78. The Morgan fingerprint density at radius 2 is 1.76 bits per heavy atom. The minimum Gasteiger partial charge on any atom is -1.00 e. The molecule has 5 N–H and O–H groups in total. The molecule has 17 heavy (non-hydrogen) atoms. The van der Waals surface area contributed by atoms with Crippen LogP contribution < -0.4 is 35.9 Å². The van der Waals surface area contributed by atoms with E-state index >= 15 is 0 Å². The summed E-state index contributed by atoms with van der Waals surface area (Å²) in [5.74, 6) is -1.68. The Balaban J connectivity index is -0.0000000873. The number of carboxylic acid groups (broad SMARTS) is 2. The van der Waals surface area contributed by atoms with Gasteiger partial charge in [0.15, 0.2) is 0 Å². The maximum atomic E-state index is 10.1. The van der Waals surface area contributed by atoms with E-state index in [-0.39, 0.29) is 68.6 Å². The summed E-state index contributed by atoms with van der Waals surface area (Å²) in [5, 5.41) is 19.1. The molecule has 1 aliphatic rings. The molecular formula is C8H16CaCl2N2O4. The van der Waals surface area contributed by atoms with Crippen molar-refractivity contribution < 1.29 is 44.6 Å². The van der Waals surface area contributed by atoms with Gasteiger partial charge in [-0.3, -0.25) is 9.59 Å². The van der Waals surface area contributed by atoms with Crippen LogP contribution in [-0.2, 0) is 9.59 Å². The molecule has 0 spiro atoms. The molecule has 0 aromatic heterocycles. The molecule has 1 unspecified atom stereocenters. The molecule has 0 aromatic rings. The second-order valence-electron chi connectivity index (χ2n) is 3.11. The monoisotopic (exact) mass is 314 g/mol. The van der Waals surface area contributed by atoms with Gasteiger partial charge in [-0.05, 0) is 26.3 Å². The van der Waals surface area contributed by atoms with Crippen LogP contribution in [0.4, 0.5) is 0 Å². The summed E-state index contributed by atoms with van der Waals surface area (Å²) in [6, 6.07) is -1.00. The molecule has 0 aromatic carbocycles. The molecule has 1 fully saturated rings. The molecule has 0 saturated carbocycles. The summed E-state index contributed by atoms with van der Waals surface area (Å²) < 4.78 is 0. The van der Waals surface area contributed by atoms with E-state index in [9.17, 15) is 9.59 Å². The third kappa shape index (κ3) is 14.6. The van der Waals surface area contributed by atoms with Crippen molar-refractivity contribution in [2.45, 2.75) is 31.8 Å². The van der Waals surface area contributed by atoms with Crippen molar-refractivity contribution in [2.24, 2.45) is 5.73 Å². The van der Waals surface area contributed by atoms with E-state index in [0.717, 1.165) is 19.4 Å². The first kappa shape index (κ1) is 26.3. The maximum Gasteiger partial charge on any atom is 2.00 e. The molecule has 9 heteroatoms. The standard InChI is InChI=1S/C5H9NO2.C3H7NO2.Ca.2ClH/c7-5(8)4-2-1-3-6-4;1-2(4)3(5)6;;;/h4,6H,1-3H2,(H,7,8);2H,4H2,1H3,(H,5,6);;2*1H/q;;+2;;/p-2/t4-;;;;/m0..../s1. The first-order valence-electron chi connectivity index (χ1n) is 4.39. The van der Waals surface area contributed by atoms with Crippen molar-refractivity contribution in [1.82, 2.24) is 5.32 Å². The average molecular weight is 315 g/mol. The molecular weight excluding hydrogens is 299 g/mol. The van der Waals surface area contributed by atoms with Gasteiger partial charge < -0.3 is 46.1 Å². The molecule has 0 bridgehead atoms. The summed E-state index contributed by atoms with van der Waals surface area (Å²) in [7, 11) is 0. The fourth-order valence-electron chi connectivity index (χ4n) is 0.895. The van der Waals surface area contributed by atoms with E-state index in [1.165, 1.54) is 6.92 Å². The second kappa shape index (κ2) is 14.8. The summed E-state index contributed by atoms with van der Waals surface area (Å²) in [6.45, 7) is 2.28. The van der Waals surface area contributed by atoms with E-state index in [1.807, 2.05) is 0 Å². The van der Waals surface area contributed by atoms with Gasteiger partial charge in [-0.15, -0.1) is 0 Å². The van der Waals surface area contributed by atoms with Gasteiger partial charge >= 0.3 is 49.7 Å². The smallest absolute Gasteiger partial charge is 1.00 e. The fourth-order valence-corrected chi connectivity index (χ4v) is 0.895. The van der Waals surface area contributed by atoms with Crippen molar-refractivity contribution in [2.75, 3.05) is 6.54 Å². The van der Waals surface area contributed by atoms with E-state index in [2.05, 4.69) is 5.32 Å². The number of nitrogens with two attached hydrogens (primary N) is 1. The van der Waals surface area contributed by atoms with Crippen molar-refractivity contribution in [3.8, 4) is 0 Å². The predicted octanol–water partition coefficient (Wildman–Crippen LogP) is -7.13. The van der Waals surface area contributed by atoms with Crippen molar-refractivity contribution in [3.63, 3.8) is 0 Å². The van der Waals surface area contributed by atoms with Gasteiger partial charge in [0.05, 0.1) is 0 Å². The van der Waals surface area contributed by atoms with Crippen molar-refractivity contribution in [3.05, 3.63) is 0 Å². The molecule has 1 heterocycles. The second-order valence-corrected chi connectivity index (χ2v) is 3.11. The van der Waals surface area contributed by atoms with Crippen LogP contribution in [0.3, 0.4) is 0 Å². The van der Waals surface area contributed by atoms with E-state index < -0.39 is 18.0 Å². The Hall–Kier alpha value is 0.700. The Labute approximate surface area is 143 Å². The molecule has 0 aliphatic carbocycles. The molecule has 98 valence electrons. The molecule has 0 amide bonds. The minimum atomic E-state index is -0.963. The largest absolute Gasteiger partial charge is 2.00 e. The normalized spacial score (nSPS) is 18.1. The van der Waals surface area contributed by atoms with Crippen molar-refractivity contribution in [1.29, 1.82) is 0 Å². The Bertz CT molecular complexity index is 214. The zero-order valence-corrected chi connectivity index (χ0v) is 13.2. The van der Waals surface area contributed by atoms with Crippen LogP contribution >= 0.6 is 0 Å². The average Bonchev–Trinajstić information content (AvgIpc) is 2.56. The molecule has 2 atom stereocenters. The number of carboxylic acids is 2. The number of hydrogen-bond donors (Lipinski definition) is 4. The maximum absolute atomic E-state index is 10.1. The van der Waals surface area contributed by atoms with Gasteiger partial charge in [0.25, 0.3) is 0 Å². The molecule has 0 radical (unpaired) electrons. The molecule has 6 nitrogen and oxygen atoms in total. The molecule has 1 rings (SSSR count). The van der Waals surface area contributed by atoms with Gasteiger partial charge in [0.2, 0.25) is 0 Å². The first-order chi connectivity index (χ1) is 6.45. The zero-order chi connectivity index (χ0) is 11.1. The topological polar surface area (TPSA) is 113 Å². The SMILES string of the molecule is CC(N)C(=O)O.O=C(O)[C@@H]1CCCN1.[Ca+2].[Cl-].[Cl-]. The van der Waals surface area contributed by atoms with Gasteiger partial charge in [-0.2, -0.15) is 0 Å². The van der Waals surface area contributed by atoms with Gasteiger partial charge in [0, 0.05) is 0 Å². The number of hydrogen-bond acceptors (Lipinski definition) is 4. The van der Waals surface area contributed by atoms with Crippen LogP contribution in [0, 0.1) is 0 Å². The number of rotatable bonds is 2. The number of halogens is 2. The Morgan fingerprint density at radius 3 is 1.88 bits per heavy atom. The van der Waals surface area contributed by atoms with E-state index in [1.54, 1.807) is 0 Å². The summed E-state index contributed by atoms with van der Waals surface area (Å²) in [5.41, 5.74) is 4.84. The van der Waals surface area contributed by atoms with Crippen LogP contribution in [0.1, 0.15) is 19.8 Å². The van der Waals surface area contributed by atoms with Gasteiger partial charge in [0.1, 0.15) is 12.1 Å².